The Bertz CT molecular complexity index is 612. The van der Waals surface area contributed by atoms with Crippen molar-refractivity contribution in [3.05, 3.63) is 35.6 Å². The van der Waals surface area contributed by atoms with Gasteiger partial charge < -0.3 is 10.5 Å². The SMILES string of the molecule is CC.CC(C)c1cc(N)cc2ccc(F)c(OC(F)F)c12. The van der Waals surface area contributed by atoms with E-state index in [1.807, 2.05) is 27.7 Å². The maximum Gasteiger partial charge on any atom is 0.387 e. The van der Waals surface area contributed by atoms with Crippen LogP contribution in [0.15, 0.2) is 24.3 Å². The zero-order valence-corrected chi connectivity index (χ0v) is 12.6. The maximum atomic E-state index is 13.7. The summed E-state index contributed by atoms with van der Waals surface area (Å²) in [6.45, 7) is 4.69. The van der Waals surface area contributed by atoms with Crippen molar-refractivity contribution in [1.82, 2.24) is 0 Å². The van der Waals surface area contributed by atoms with Gasteiger partial charge in [0.15, 0.2) is 11.6 Å². The van der Waals surface area contributed by atoms with Gasteiger partial charge in [-0.25, -0.2) is 4.39 Å². The lowest BCUT2D eigenvalue weighted by molar-refractivity contribution is -0.0511. The minimum absolute atomic E-state index is 0.00724. The van der Waals surface area contributed by atoms with Gasteiger partial charge in [0.2, 0.25) is 0 Å². The molecule has 0 saturated carbocycles. The van der Waals surface area contributed by atoms with Crippen LogP contribution in [-0.4, -0.2) is 6.61 Å². The van der Waals surface area contributed by atoms with E-state index in [9.17, 15) is 13.2 Å². The number of hydrogen-bond donors (Lipinski definition) is 1. The molecule has 0 saturated heterocycles. The summed E-state index contributed by atoms with van der Waals surface area (Å²) in [7, 11) is 0. The molecular weight excluding hydrogens is 279 g/mol. The maximum absolute atomic E-state index is 13.7. The van der Waals surface area contributed by atoms with Crippen molar-refractivity contribution < 1.29 is 17.9 Å². The Labute approximate surface area is 122 Å². The van der Waals surface area contributed by atoms with Crippen LogP contribution in [-0.2, 0) is 0 Å². The van der Waals surface area contributed by atoms with Gasteiger partial charge in [-0.05, 0) is 35.1 Å². The third-order valence-corrected chi connectivity index (χ3v) is 2.90. The van der Waals surface area contributed by atoms with Gasteiger partial charge in [0, 0.05) is 11.1 Å². The van der Waals surface area contributed by atoms with E-state index >= 15 is 0 Å². The van der Waals surface area contributed by atoms with E-state index < -0.39 is 18.2 Å². The van der Waals surface area contributed by atoms with Gasteiger partial charge in [-0.2, -0.15) is 8.78 Å². The van der Waals surface area contributed by atoms with Gasteiger partial charge in [-0.3, -0.25) is 0 Å². The number of halogens is 3. The molecule has 0 aromatic heterocycles. The number of alkyl halides is 2. The van der Waals surface area contributed by atoms with E-state index in [-0.39, 0.29) is 5.92 Å². The molecule has 0 spiro atoms. The molecule has 0 atom stereocenters. The Morgan fingerprint density at radius 2 is 1.71 bits per heavy atom. The minimum Gasteiger partial charge on any atom is -0.431 e. The van der Waals surface area contributed by atoms with Gasteiger partial charge in [0.1, 0.15) is 0 Å². The Kier molecular flexibility index (Phi) is 5.88. The van der Waals surface area contributed by atoms with Crippen molar-refractivity contribution in [3.63, 3.8) is 0 Å². The molecule has 2 nitrogen and oxygen atoms in total. The van der Waals surface area contributed by atoms with Crippen LogP contribution in [0.1, 0.15) is 39.2 Å². The number of hydrogen-bond acceptors (Lipinski definition) is 2. The molecule has 0 fully saturated rings. The van der Waals surface area contributed by atoms with Crippen molar-refractivity contribution in [3.8, 4) is 5.75 Å². The molecule has 116 valence electrons. The smallest absolute Gasteiger partial charge is 0.387 e. The van der Waals surface area contributed by atoms with Crippen LogP contribution in [0, 0.1) is 5.82 Å². The lowest BCUT2D eigenvalue weighted by Crippen LogP contribution is -2.06. The first kappa shape index (κ1) is 17.1. The second kappa shape index (κ2) is 7.20. The van der Waals surface area contributed by atoms with Gasteiger partial charge >= 0.3 is 6.61 Å². The van der Waals surface area contributed by atoms with Crippen LogP contribution in [0.3, 0.4) is 0 Å². The highest BCUT2D eigenvalue weighted by atomic mass is 19.3. The van der Waals surface area contributed by atoms with Gasteiger partial charge in [0.05, 0.1) is 0 Å². The van der Waals surface area contributed by atoms with Gasteiger partial charge in [0.25, 0.3) is 0 Å². The molecule has 0 aliphatic heterocycles. The number of fused-ring (bicyclic) bond motifs is 1. The third-order valence-electron chi connectivity index (χ3n) is 2.90. The van der Waals surface area contributed by atoms with E-state index in [0.717, 1.165) is 6.07 Å². The Morgan fingerprint density at radius 1 is 1.10 bits per heavy atom. The number of rotatable bonds is 3. The summed E-state index contributed by atoms with van der Waals surface area (Å²) in [4.78, 5) is 0. The molecule has 2 aromatic carbocycles. The molecule has 0 heterocycles. The summed E-state index contributed by atoms with van der Waals surface area (Å²) >= 11 is 0. The van der Waals surface area contributed by atoms with Crippen molar-refractivity contribution in [2.24, 2.45) is 0 Å². The second-order valence-electron chi connectivity index (χ2n) is 4.62. The normalized spacial score (nSPS) is 10.7. The fourth-order valence-corrected chi connectivity index (χ4v) is 2.12. The second-order valence-corrected chi connectivity index (χ2v) is 4.62. The standard InChI is InChI=1S/C14H14F3NO.C2H6/c1-7(2)10-6-9(18)5-8-3-4-11(15)13(12(8)10)19-14(16)17;1-2/h3-7,14H,18H2,1-2H3;1-2H3. The van der Waals surface area contributed by atoms with Crippen molar-refractivity contribution >= 4 is 16.5 Å². The lowest BCUT2D eigenvalue weighted by atomic mass is 9.94. The highest BCUT2D eigenvalue weighted by Crippen LogP contribution is 2.37. The summed E-state index contributed by atoms with van der Waals surface area (Å²) in [5.41, 5.74) is 6.96. The van der Waals surface area contributed by atoms with Crippen molar-refractivity contribution in [2.45, 2.75) is 40.2 Å². The van der Waals surface area contributed by atoms with E-state index in [1.165, 1.54) is 6.07 Å². The molecule has 5 heteroatoms. The summed E-state index contributed by atoms with van der Waals surface area (Å²) in [6, 6.07) is 5.87. The molecule has 0 bridgehead atoms. The number of anilines is 1. The average molecular weight is 299 g/mol. The van der Waals surface area contributed by atoms with E-state index in [1.54, 1.807) is 12.1 Å². The van der Waals surface area contributed by atoms with Crippen molar-refractivity contribution in [1.29, 1.82) is 0 Å². The van der Waals surface area contributed by atoms with Crippen LogP contribution in [0.4, 0.5) is 18.9 Å². The summed E-state index contributed by atoms with van der Waals surface area (Å²) < 4.78 is 42.9. The number of ether oxygens (including phenoxy) is 1. The Hall–Kier alpha value is -1.91. The molecule has 2 N–H and O–H groups in total. The Morgan fingerprint density at radius 3 is 2.24 bits per heavy atom. The molecular formula is C16H20F3NO. The number of nitrogens with two attached hydrogens (primary N) is 1. The zero-order valence-electron chi connectivity index (χ0n) is 12.6. The highest BCUT2D eigenvalue weighted by Gasteiger charge is 2.18. The van der Waals surface area contributed by atoms with Crippen LogP contribution >= 0.6 is 0 Å². The monoisotopic (exact) mass is 299 g/mol. The first-order valence-corrected chi connectivity index (χ1v) is 6.86. The molecule has 0 radical (unpaired) electrons. The number of benzene rings is 2. The lowest BCUT2D eigenvalue weighted by Gasteiger charge is -2.16. The first-order valence-electron chi connectivity index (χ1n) is 6.86. The van der Waals surface area contributed by atoms with Crippen molar-refractivity contribution in [2.75, 3.05) is 5.73 Å². The fraction of sp³-hybridized carbons (Fsp3) is 0.375. The summed E-state index contributed by atoms with van der Waals surface area (Å²) in [5, 5.41) is 0.935. The quantitative estimate of drug-likeness (QED) is 0.779. The Balaban J connectivity index is 0.00000106. The van der Waals surface area contributed by atoms with E-state index in [2.05, 4.69) is 4.74 Å². The van der Waals surface area contributed by atoms with Gasteiger partial charge in [-0.15, -0.1) is 0 Å². The zero-order chi connectivity index (χ0) is 16.2. The highest BCUT2D eigenvalue weighted by molar-refractivity contribution is 5.94. The predicted molar refractivity (Wildman–Crippen MR) is 80.4 cm³/mol. The summed E-state index contributed by atoms with van der Waals surface area (Å²) in [6.07, 6.45) is 0. The predicted octanol–water partition coefficient (Wildman–Crippen LogP) is 5.31. The molecule has 2 aromatic rings. The van der Waals surface area contributed by atoms with Crippen LogP contribution < -0.4 is 10.5 Å². The van der Waals surface area contributed by atoms with Crippen LogP contribution in [0.2, 0.25) is 0 Å². The first-order chi connectivity index (χ1) is 9.90. The molecule has 0 amide bonds. The molecule has 21 heavy (non-hydrogen) atoms. The average Bonchev–Trinajstić information content (AvgIpc) is 2.43. The summed E-state index contributed by atoms with van der Waals surface area (Å²) in [5.74, 6) is -1.22. The van der Waals surface area contributed by atoms with Crippen LogP contribution in [0.25, 0.3) is 10.8 Å². The van der Waals surface area contributed by atoms with E-state index in [0.29, 0.717) is 22.0 Å². The third kappa shape index (κ3) is 3.80. The topological polar surface area (TPSA) is 35.2 Å². The van der Waals surface area contributed by atoms with Crippen LogP contribution in [0.5, 0.6) is 5.75 Å². The molecule has 0 aliphatic rings. The molecule has 2 rings (SSSR count). The largest absolute Gasteiger partial charge is 0.431 e. The van der Waals surface area contributed by atoms with Gasteiger partial charge in [-0.1, -0.05) is 33.8 Å². The number of nitrogen functional groups attached to an aromatic ring is 1. The minimum atomic E-state index is -3.07. The fourth-order valence-electron chi connectivity index (χ4n) is 2.12. The molecule has 0 aliphatic carbocycles. The molecule has 0 unspecified atom stereocenters. The van der Waals surface area contributed by atoms with E-state index in [4.69, 9.17) is 5.73 Å².